The fourth-order valence-corrected chi connectivity index (χ4v) is 2.10. The van der Waals surface area contributed by atoms with Gasteiger partial charge in [-0.1, -0.05) is 20.3 Å². The molecule has 0 rings (SSSR count). The SMILES string of the molecule is CCCC(C)NC(=O)CSCC(C)C(=O)O. The first-order valence-corrected chi connectivity index (χ1v) is 6.72. The Morgan fingerprint density at radius 1 is 1.38 bits per heavy atom. The van der Waals surface area contributed by atoms with Gasteiger partial charge in [0, 0.05) is 11.8 Å². The van der Waals surface area contributed by atoms with Crippen LogP contribution in [0.15, 0.2) is 0 Å². The third kappa shape index (κ3) is 7.56. The number of rotatable bonds is 8. The third-order valence-corrected chi connectivity index (χ3v) is 3.35. The zero-order valence-electron chi connectivity index (χ0n) is 10.2. The number of carbonyl (C=O) groups excluding carboxylic acids is 1. The molecule has 0 saturated carbocycles. The van der Waals surface area contributed by atoms with Crippen molar-refractivity contribution < 1.29 is 14.7 Å². The molecule has 2 unspecified atom stereocenters. The quantitative estimate of drug-likeness (QED) is 0.685. The number of hydrogen-bond acceptors (Lipinski definition) is 3. The molecule has 2 N–H and O–H groups in total. The number of hydrogen-bond donors (Lipinski definition) is 2. The summed E-state index contributed by atoms with van der Waals surface area (Å²) in [5.74, 6) is -0.405. The molecule has 0 aliphatic heterocycles. The van der Waals surface area contributed by atoms with Crippen molar-refractivity contribution in [3.63, 3.8) is 0 Å². The van der Waals surface area contributed by atoms with Gasteiger partial charge in [-0.3, -0.25) is 9.59 Å². The average molecular weight is 247 g/mol. The van der Waals surface area contributed by atoms with E-state index in [1.807, 2.05) is 6.92 Å². The molecule has 0 aliphatic carbocycles. The van der Waals surface area contributed by atoms with Crippen LogP contribution in [0.2, 0.25) is 0 Å². The lowest BCUT2D eigenvalue weighted by molar-refractivity contribution is -0.140. The van der Waals surface area contributed by atoms with Crippen molar-refractivity contribution >= 4 is 23.6 Å². The Bertz CT molecular complexity index is 233. The van der Waals surface area contributed by atoms with Gasteiger partial charge in [-0.05, 0) is 13.3 Å². The molecule has 0 bridgehead atoms. The largest absolute Gasteiger partial charge is 0.481 e. The van der Waals surface area contributed by atoms with E-state index in [1.165, 1.54) is 11.8 Å². The highest BCUT2D eigenvalue weighted by molar-refractivity contribution is 7.99. The van der Waals surface area contributed by atoms with E-state index in [0.29, 0.717) is 11.5 Å². The summed E-state index contributed by atoms with van der Waals surface area (Å²) in [6.07, 6.45) is 2.02. The zero-order valence-corrected chi connectivity index (χ0v) is 11.0. The van der Waals surface area contributed by atoms with E-state index in [0.717, 1.165) is 12.8 Å². The monoisotopic (exact) mass is 247 g/mol. The van der Waals surface area contributed by atoms with Crippen LogP contribution in [0.1, 0.15) is 33.6 Å². The topological polar surface area (TPSA) is 66.4 Å². The highest BCUT2D eigenvalue weighted by Crippen LogP contribution is 2.08. The van der Waals surface area contributed by atoms with Crippen LogP contribution >= 0.6 is 11.8 Å². The van der Waals surface area contributed by atoms with Gasteiger partial charge in [-0.2, -0.15) is 11.8 Å². The Morgan fingerprint density at radius 3 is 2.50 bits per heavy atom. The van der Waals surface area contributed by atoms with Crippen molar-refractivity contribution in [1.29, 1.82) is 0 Å². The van der Waals surface area contributed by atoms with E-state index in [-0.39, 0.29) is 11.9 Å². The molecule has 0 saturated heterocycles. The number of carboxylic acids is 1. The second-order valence-electron chi connectivity index (χ2n) is 4.01. The predicted octanol–water partition coefficient (Wildman–Crippen LogP) is 1.75. The molecule has 16 heavy (non-hydrogen) atoms. The molecule has 1 amide bonds. The zero-order chi connectivity index (χ0) is 12.6. The molecule has 0 aromatic rings. The van der Waals surface area contributed by atoms with Crippen molar-refractivity contribution in [3.05, 3.63) is 0 Å². The minimum Gasteiger partial charge on any atom is -0.481 e. The van der Waals surface area contributed by atoms with Crippen molar-refractivity contribution in [2.75, 3.05) is 11.5 Å². The molecule has 0 radical (unpaired) electrons. The summed E-state index contributed by atoms with van der Waals surface area (Å²) in [5, 5.41) is 11.5. The van der Waals surface area contributed by atoms with Crippen LogP contribution in [0.25, 0.3) is 0 Å². The second-order valence-corrected chi connectivity index (χ2v) is 5.04. The van der Waals surface area contributed by atoms with Crippen LogP contribution in [0.3, 0.4) is 0 Å². The lowest BCUT2D eigenvalue weighted by atomic mass is 10.2. The van der Waals surface area contributed by atoms with Crippen LogP contribution in [0, 0.1) is 5.92 Å². The smallest absolute Gasteiger partial charge is 0.307 e. The van der Waals surface area contributed by atoms with Gasteiger partial charge in [-0.15, -0.1) is 0 Å². The highest BCUT2D eigenvalue weighted by atomic mass is 32.2. The molecule has 2 atom stereocenters. The third-order valence-electron chi connectivity index (χ3n) is 2.15. The highest BCUT2D eigenvalue weighted by Gasteiger charge is 2.12. The summed E-state index contributed by atoms with van der Waals surface area (Å²) < 4.78 is 0. The van der Waals surface area contributed by atoms with Crippen molar-refractivity contribution in [2.45, 2.75) is 39.7 Å². The van der Waals surface area contributed by atoms with E-state index in [9.17, 15) is 9.59 Å². The first-order chi connectivity index (χ1) is 7.47. The number of nitrogens with one attached hydrogen (secondary N) is 1. The minimum absolute atomic E-state index is 0.0106. The standard InChI is InChI=1S/C11H21NO3S/c1-4-5-9(3)12-10(13)7-16-6-8(2)11(14)15/h8-9H,4-7H2,1-3H3,(H,12,13)(H,14,15). The predicted molar refractivity (Wildman–Crippen MR) is 66.6 cm³/mol. The minimum atomic E-state index is -0.813. The number of thioether (sulfide) groups is 1. The first kappa shape index (κ1) is 15.3. The van der Waals surface area contributed by atoms with E-state index < -0.39 is 11.9 Å². The van der Waals surface area contributed by atoms with E-state index in [4.69, 9.17) is 5.11 Å². The van der Waals surface area contributed by atoms with Gasteiger partial charge in [0.25, 0.3) is 0 Å². The molecular weight excluding hydrogens is 226 g/mol. The second kappa shape index (κ2) is 8.44. The number of carboxylic acid groups (broad SMARTS) is 1. The number of amides is 1. The van der Waals surface area contributed by atoms with Crippen molar-refractivity contribution in [2.24, 2.45) is 5.92 Å². The maximum absolute atomic E-state index is 11.4. The van der Waals surface area contributed by atoms with Crippen molar-refractivity contribution in [1.82, 2.24) is 5.32 Å². The normalized spacial score (nSPS) is 14.2. The molecule has 5 heteroatoms. The first-order valence-electron chi connectivity index (χ1n) is 5.57. The van der Waals surface area contributed by atoms with Crippen LogP contribution in [0.4, 0.5) is 0 Å². The fraction of sp³-hybridized carbons (Fsp3) is 0.818. The fourth-order valence-electron chi connectivity index (χ4n) is 1.22. The molecule has 0 aromatic carbocycles. The van der Waals surface area contributed by atoms with Gasteiger partial charge in [0.2, 0.25) is 5.91 Å². The summed E-state index contributed by atoms with van der Waals surface area (Å²) >= 11 is 1.36. The summed E-state index contributed by atoms with van der Waals surface area (Å²) in [4.78, 5) is 21.9. The summed E-state index contributed by atoms with van der Waals surface area (Å²) in [6.45, 7) is 5.70. The lowest BCUT2D eigenvalue weighted by Gasteiger charge is -2.12. The van der Waals surface area contributed by atoms with E-state index >= 15 is 0 Å². The van der Waals surface area contributed by atoms with Gasteiger partial charge in [-0.25, -0.2) is 0 Å². The number of carbonyl (C=O) groups is 2. The molecule has 94 valence electrons. The summed E-state index contributed by atoms with van der Waals surface area (Å²) in [7, 11) is 0. The van der Waals surface area contributed by atoms with E-state index in [2.05, 4.69) is 12.2 Å². The number of aliphatic carboxylic acids is 1. The lowest BCUT2D eigenvalue weighted by Crippen LogP contribution is -2.33. The molecule has 0 aliphatic rings. The van der Waals surface area contributed by atoms with Gasteiger partial charge >= 0.3 is 5.97 Å². The Kier molecular flexibility index (Phi) is 8.07. The summed E-state index contributed by atoms with van der Waals surface area (Å²) in [6, 6.07) is 0.204. The maximum atomic E-state index is 11.4. The Balaban J connectivity index is 3.62. The van der Waals surface area contributed by atoms with Crippen LogP contribution in [0.5, 0.6) is 0 Å². The van der Waals surface area contributed by atoms with Crippen LogP contribution in [-0.2, 0) is 9.59 Å². The van der Waals surface area contributed by atoms with Gasteiger partial charge in [0.15, 0.2) is 0 Å². The van der Waals surface area contributed by atoms with E-state index in [1.54, 1.807) is 6.92 Å². The van der Waals surface area contributed by atoms with Crippen LogP contribution in [-0.4, -0.2) is 34.5 Å². The van der Waals surface area contributed by atoms with Gasteiger partial charge in [0.1, 0.15) is 0 Å². The maximum Gasteiger partial charge on any atom is 0.307 e. The average Bonchev–Trinajstić information content (AvgIpc) is 2.17. The molecular formula is C11H21NO3S. The molecule has 0 aromatic heterocycles. The Labute approximate surface area is 101 Å². The van der Waals surface area contributed by atoms with Gasteiger partial charge < -0.3 is 10.4 Å². The molecule has 0 fully saturated rings. The van der Waals surface area contributed by atoms with Crippen molar-refractivity contribution in [3.8, 4) is 0 Å². The molecule has 0 heterocycles. The molecule has 0 spiro atoms. The Morgan fingerprint density at radius 2 is 2.00 bits per heavy atom. The Hall–Kier alpha value is -0.710. The summed E-state index contributed by atoms with van der Waals surface area (Å²) in [5.41, 5.74) is 0. The van der Waals surface area contributed by atoms with Crippen LogP contribution < -0.4 is 5.32 Å². The van der Waals surface area contributed by atoms with Gasteiger partial charge in [0.05, 0.1) is 11.7 Å². The molecule has 4 nitrogen and oxygen atoms in total.